The van der Waals surface area contributed by atoms with E-state index in [1.165, 1.54) is 23.8 Å². The lowest BCUT2D eigenvalue weighted by Crippen LogP contribution is -2.49. The largest absolute Gasteiger partial charge is 0.393 e. The smallest absolute Gasteiger partial charge is 0.254 e. The monoisotopic (exact) mass is 441 g/mol. The Hall–Kier alpha value is -2.77. The molecular weight excluding hydrogens is 409 g/mol. The minimum absolute atomic E-state index is 0.0789. The number of amides is 2. The van der Waals surface area contributed by atoms with Crippen LogP contribution in [0.5, 0.6) is 0 Å². The Kier molecular flexibility index (Phi) is 8.36. The van der Waals surface area contributed by atoms with Gasteiger partial charge >= 0.3 is 0 Å². The number of rotatable bonds is 8. The highest BCUT2D eigenvalue weighted by atomic mass is 19.1. The summed E-state index contributed by atoms with van der Waals surface area (Å²) in [6.45, 7) is 6.65. The summed E-state index contributed by atoms with van der Waals surface area (Å²) in [5.74, 6) is -1.68. The predicted octanol–water partition coefficient (Wildman–Crippen LogP) is 2.85. The Bertz CT molecular complexity index is 909. The van der Waals surface area contributed by atoms with Crippen LogP contribution in [0.1, 0.15) is 48.2 Å². The van der Waals surface area contributed by atoms with Gasteiger partial charge in [0.05, 0.1) is 11.7 Å². The topological polar surface area (TPSA) is 81.7 Å². The fourth-order valence-corrected chi connectivity index (χ4v) is 3.80. The summed E-state index contributed by atoms with van der Waals surface area (Å²) in [6.07, 6.45) is 1.45. The van der Waals surface area contributed by atoms with E-state index in [-0.39, 0.29) is 23.5 Å². The van der Waals surface area contributed by atoms with Gasteiger partial charge in [0.25, 0.3) is 5.91 Å². The van der Waals surface area contributed by atoms with Crippen LogP contribution >= 0.6 is 0 Å². The zero-order valence-corrected chi connectivity index (χ0v) is 18.7. The van der Waals surface area contributed by atoms with Crippen molar-refractivity contribution in [1.29, 1.82) is 0 Å². The lowest BCUT2D eigenvalue weighted by molar-refractivity contribution is -0.124. The number of piperidine rings is 1. The van der Waals surface area contributed by atoms with E-state index in [0.29, 0.717) is 6.54 Å². The first-order valence-electron chi connectivity index (χ1n) is 11.1. The van der Waals surface area contributed by atoms with Crippen LogP contribution in [0.25, 0.3) is 0 Å². The molecule has 1 saturated heterocycles. The van der Waals surface area contributed by atoms with E-state index in [9.17, 15) is 19.1 Å². The van der Waals surface area contributed by atoms with Crippen LogP contribution < -0.4 is 10.6 Å². The van der Waals surface area contributed by atoms with Crippen LogP contribution in [0, 0.1) is 11.7 Å². The third-order valence-corrected chi connectivity index (χ3v) is 5.81. The van der Waals surface area contributed by atoms with E-state index in [0.717, 1.165) is 38.0 Å². The Morgan fingerprint density at radius 3 is 2.31 bits per heavy atom. The fourth-order valence-electron chi connectivity index (χ4n) is 3.80. The van der Waals surface area contributed by atoms with Crippen LogP contribution in [0.3, 0.4) is 0 Å². The number of aliphatic hydroxyl groups excluding tert-OH is 1. The van der Waals surface area contributed by atoms with E-state index >= 15 is 0 Å². The molecule has 2 aromatic carbocycles. The molecule has 3 rings (SSSR count). The normalized spacial score (nSPS) is 16.0. The van der Waals surface area contributed by atoms with Crippen molar-refractivity contribution in [3.63, 3.8) is 0 Å². The number of benzene rings is 2. The first-order chi connectivity index (χ1) is 15.3. The molecule has 0 bridgehead atoms. The molecule has 2 amide bonds. The van der Waals surface area contributed by atoms with Gasteiger partial charge in [0.1, 0.15) is 11.9 Å². The van der Waals surface area contributed by atoms with E-state index in [4.69, 9.17) is 0 Å². The standard InChI is InChI=1S/C25H32FN3O3/c1-17(2)23(28-24(31)21-5-3-4-6-22(21)26)25(32)27-15-18-7-9-19(10-8-18)16-29-13-11-20(30)12-14-29/h3-10,17,20,23,30H,11-16H2,1-2H3,(H,27,32)(H,28,31). The first-order valence-corrected chi connectivity index (χ1v) is 11.1. The third kappa shape index (κ3) is 6.61. The zero-order chi connectivity index (χ0) is 23.1. The molecule has 3 N–H and O–H groups in total. The summed E-state index contributed by atoms with van der Waals surface area (Å²) in [7, 11) is 0. The van der Waals surface area contributed by atoms with E-state index < -0.39 is 17.8 Å². The number of halogens is 1. The van der Waals surface area contributed by atoms with Crippen LogP contribution in [0.15, 0.2) is 48.5 Å². The molecule has 1 atom stereocenters. The van der Waals surface area contributed by atoms with Crippen LogP contribution in [-0.2, 0) is 17.9 Å². The molecule has 1 aliphatic rings. The zero-order valence-electron chi connectivity index (χ0n) is 18.7. The highest BCUT2D eigenvalue weighted by Crippen LogP contribution is 2.14. The van der Waals surface area contributed by atoms with Gasteiger partial charge in [-0.05, 0) is 42.0 Å². The summed E-state index contributed by atoms with van der Waals surface area (Å²) >= 11 is 0. The molecule has 1 unspecified atom stereocenters. The third-order valence-electron chi connectivity index (χ3n) is 5.81. The summed E-state index contributed by atoms with van der Waals surface area (Å²) in [6, 6.07) is 13.0. The highest BCUT2D eigenvalue weighted by Gasteiger charge is 2.25. The summed E-state index contributed by atoms with van der Waals surface area (Å²) in [5.41, 5.74) is 2.07. The second-order valence-corrected chi connectivity index (χ2v) is 8.72. The van der Waals surface area contributed by atoms with Gasteiger partial charge in [-0.2, -0.15) is 0 Å². The minimum Gasteiger partial charge on any atom is -0.393 e. The van der Waals surface area contributed by atoms with Crippen molar-refractivity contribution in [3.8, 4) is 0 Å². The molecule has 0 radical (unpaired) electrons. The second kappa shape index (κ2) is 11.2. The first kappa shape index (κ1) is 23.9. The molecule has 32 heavy (non-hydrogen) atoms. The molecule has 0 aromatic heterocycles. The Labute approximate surface area is 188 Å². The average molecular weight is 442 g/mol. The molecule has 0 spiro atoms. The Morgan fingerprint density at radius 1 is 1.06 bits per heavy atom. The molecule has 1 fully saturated rings. The van der Waals surface area contributed by atoms with Gasteiger partial charge in [0.2, 0.25) is 5.91 Å². The van der Waals surface area contributed by atoms with E-state index in [1.807, 2.05) is 38.1 Å². The lowest BCUT2D eigenvalue weighted by atomic mass is 10.0. The summed E-state index contributed by atoms with van der Waals surface area (Å²) in [4.78, 5) is 27.5. The molecular formula is C25H32FN3O3. The van der Waals surface area contributed by atoms with Crippen LogP contribution in [-0.4, -0.2) is 47.1 Å². The van der Waals surface area contributed by atoms with Crippen molar-refractivity contribution in [2.75, 3.05) is 13.1 Å². The number of hydrogen-bond acceptors (Lipinski definition) is 4. The second-order valence-electron chi connectivity index (χ2n) is 8.72. The van der Waals surface area contributed by atoms with Gasteiger partial charge in [-0.25, -0.2) is 4.39 Å². The molecule has 0 saturated carbocycles. The van der Waals surface area contributed by atoms with Crippen molar-refractivity contribution >= 4 is 11.8 Å². The Balaban J connectivity index is 1.52. The highest BCUT2D eigenvalue weighted by molar-refractivity contribution is 5.97. The number of carbonyl (C=O) groups is 2. The molecule has 172 valence electrons. The van der Waals surface area contributed by atoms with Crippen LogP contribution in [0.4, 0.5) is 4.39 Å². The molecule has 1 heterocycles. The maximum Gasteiger partial charge on any atom is 0.254 e. The fraction of sp³-hybridized carbons (Fsp3) is 0.440. The lowest BCUT2D eigenvalue weighted by Gasteiger charge is -2.29. The van der Waals surface area contributed by atoms with Gasteiger partial charge in [-0.3, -0.25) is 14.5 Å². The molecule has 2 aromatic rings. The molecule has 6 nitrogen and oxygen atoms in total. The van der Waals surface area contributed by atoms with Crippen molar-refractivity contribution in [2.45, 2.75) is 51.9 Å². The number of likely N-dealkylation sites (tertiary alicyclic amines) is 1. The van der Waals surface area contributed by atoms with E-state index in [1.54, 1.807) is 6.07 Å². The van der Waals surface area contributed by atoms with Gasteiger partial charge in [-0.1, -0.05) is 50.2 Å². The van der Waals surface area contributed by atoms with Gasteiger partial charge in [0, 0.05) is 26.2 Å². The van der Waals surface area contributed by atoms with Crippen molar-refractivity contribution < 1.29 is 19.1 Å². The average Bonchev–Trinajstić information content (AvgIpc) is 2.78. The predicted molar refractivity (Wildman–Crippen MR) is 121 cm³/mol. The minimum atomic E-state index is -0.768. The molecule has 7 heteroatoms. The maximum atomic E-state index is 13.9. The van der Waals surface area contributed by atoms with Crippen molar-refractivity contribution in [1.82, 2.24) is 15.5 Å². The van der Waals surface area contributed by atoms with Crippen LogP contribution in [0.2, 0.25) is 0 Å². The summed E-state index contributed by atoms with van der Waals surface area (Å²) < 4.78 is 13.9. The van der Waals surface area contributed by atoms with Crippen molar-refractivity contribution in [3.05, 3.63) is 71.0 Å². The number of hydrogen-bond donors (Lipinski definition) is 3. The Morgan fingerprint density at radius 2 is 1.69 bits per heavy atom. The number of aliphatic hydroxyl groups is 1. The van der Waals surface area contributed by atoms with Gasteiger partial charge < -0.3 is 15.7 Å². The maximum absolute atomic E-state index is 13.9. The number of nitrogens with zero attached hydrogens (tertiary/aromatic N) is 1. The molecule has 0 aliphatic carbocycles. The van der Waals surface area contributed by atoms with Gasteiger partial charge in [0.15, 0.2) is 0 Å². The number of nitrogens with one attached hydrogen (secondary N) is 2. The van der Waals surface area contributed by atoms with E-state index in [2.05, 4.69) is 15.5 Å². The molecule has 1 aliphatic heterocycles. The SMILES string of the molecule is CC(C)C(NC(=O)c1ccccc1F)C(=O)NCc1ccc(CN2CCC(O)CC2)cc1. The quantitative estimate of drug-likeness (QED) is 0.588. The van der Waals surface area contributed by atoms with Crippen molar-refractivity contribution in [2.24, 2.45) is 5.92 Å². The van der Waals surface area contributed by atoms with Gasteiger partial charge in [-0.15, -0.1) is 0 Å². The summed E-state index contributed by atoms with van der Waals surface area (Å²) in [5, 5.41) is 15.1. The number of carbonyl (C=O) groups excluding carboxylic acids is 2.